The number of rotatable bonds is 10. The second kappa shape index (κ2) is 10.0. The number of carboxylic acids is 1. The Morgan fingerprint density at radius 2 is 1.75 bits per heavy atom. The molecular formula is C19H21BrN2O6. The van der Waals surface area contributed by atoms with E-state index in [0.29, 0.717) is 17.9 Å². The Morgan fingerprint density at radius 3 is 2.29 bits per heavy atom. The molecule has 0 radical (unpaired) electrons. The minimum Gasteiger partial charge on any atom is -0.493 e. The first-order chi connectivity index (χ1) is 13.3. The molecule has 0 spiro atoms. The standard InChI is InChI=1S/C19H21BrN2O6/c1-27-17-9-14(16(22(25)26)10-18(17)28-2)12-21(8-7-19(23)24)11-13-3-5-15(20)6-4-13/h3-6,9-10H,7-8,11-12H2,1-2H3,(H,23,24). The number of hydrogen-bond donors (Lipinski definition) is 1. The van der Waals surface area contributed by atoms with Crippen molar-refractivity contribution in [2.24, 2.45) is 0 Å². The number of benzene rings is 2. The van der Waals surface area contributed by atoms with Crippen LogP contribution in [-0.2, 0) is 17.9 Å². The van der Waals surface area contributed by atoms with Crippen molar-refractivity contribution in [3.63, 3.8) is 0 Å². The number of carboxylic acid groups (broad SMARTS) is 1. The summed E-state index contributed by atoms with van der Waals surface area (Å²) in [7, 11) is 2.87. The Morgan fingerprint density at radius 1 is 1.14 bits per heavy atom. The van der Waals surface area contributed by atoms with Crippen molar-refractivity contribution >= 4 is 27.6 Å². The summed E-state index contributed by atoms with van der Waals surface area (Å²) in [4.78, 5) is 23.9. The van der Waals surface area contributed by atoms with Crippen LogP contribution in [0.15, 0.2) is 40.9 Å². The van der Waals surface area contributed by atoms with E-state index in [1.54, 1.807) is 6.07 Å². The number of methoxy groups -OCH3 is 2. The SMILES string of the molecule is COc1cc(CN(CCC(=O)O)Cc2ccc(Br)cc2)c([N+](=O)[O-])cc1OC. The molecule has 0 fully saturated rings. The van der Waals surface area contributed by atoms with Gasteiger partial charge >= 0.3 is 5.97 Å². The number of nitrogens with zero attached hydrogens (tertiary/aromatic N) is 2. The summed E-state index contributed by atoms with van der Waals surface area (Å²) in [6, 6.07) is 10.5. The van der Waals surface area contributed by atoms with Crippen LogP contribution in [0.3, 0.4) is 0 Å². The molecule has 9 heteroatoms. The predicted molar refractivity (Wildman–Crippen MR) is 107 cm³/mol. The monoisotopic (exact) mass is 452 g/mol. The lowest BCUT2D eigenvalue weighted by Crippen LogP contribution is -2.26. The highest BCUT2D eigenvalue weighted by Crippen LogP contribution is 2.35. The lowest BCUT2D eigenvalue weighted by Gasteiger charge is -2.22. The number of nitro benzene ring substituents is 1. The summed E-state index contributed by atoms with van der Waals surface area (Å²) in [6.07, 6.45) is -0.0718. The molecule has 0 saturated carbocycles. The zero-order valence-electron chi connectivity index (χ0n) is 15.6. The summed E-state index contributed by atoms with van der Waals surface area (Å²) < 4.78 is 11.3. The average molecular weight is 453 g/mol. The molecule has 0 heterocycles. The van der Waals surface area contributed by atoms with E-state index in [-0.39, 0.29) is 30.9 Å². The third-order valence-corrected chi connectivity index (χ3v) is 4.67. The maximum atomic E-state index is 11.5. The maximum absolute atomic E-state index is 11.5. The van der Waals surface area contributed by atoms with Crippen molar-refractivity contribution in [2.45, 2.75) is 19.5 Å². The molecule has 2 aromatic carbocycles. The molecule has 1 N–H and O–H groups in total. The van der Waals surface area contributed by atoms with E-state index in [2.05, 4.69) is 15.9 Å². The number of ether oxygens (including phenoxy) is 2. The van der Waals surface area contributed by atoms with E-state index in [4.69, 9.17) is 14.6 Å². The summed E-state index contributed by atoms with van der Waals surface area (Å²) >= 11 is 3.38. The highest BCUT2D eigenvalue weighted by Gasteiger charge is 2.22. The Kier molecular flexibility index (Phi) is 7.77. The number of aliphatic carboxylic acids is 1. The van der Waals surface area contributed by atoms with E-state index >= 15 is 0 Å². The second-order valence-electron chi connectivity index (χ2n) is 6.07. The molecule has 0 aromatic heterocycles. The van der Waals surface area contributed by atoms with Crippen LogP contribution >= 0.6 is 15.9 Å². The van der Waals surface area contributed by atoms with E-state index in [1.165, 1.54) is 20.3 Å². The molecule has 0 amide bonds. The lowest BCUT2D eigenvalue weighted by molar-refractivity contribution is -0.385. The van der Waals surface area contributed by atoms with Gasteiger partial charge in [0.25, 0.3) is 5.69 Å². The first kappa shape index (κ1) is 21.6. The van der Waals surface area contributed by atoms with Crippen LogP contribution in [-0.4, -0.2) is 41.7 Å². The zero-order chi connectivity index (χ0) is 20.7. The Bertz CT molecular complexity index is 841. The molecule has 2 aromatic rings. The van der Waals surface area contributed by atoms with Gasteiger partial charge in [0.05, 0.1) is 31.6 Å². The molecule has 8 nitrogen and oxygen atoms in total. The largest absolute Gasteiger partial charge is 0.493 e. The molecule has 0 aliphatic heterocycles. The molecule has 0 atom stereocenters. The number of carbonyl (C=O) groups is 1. The van der Waals surface area contributed by atoms with Gasteiger partial charge in [-0.1, -0.05) is 28.1 Å². The van der Waals surface area contributed by atoms with Crippen molar-refractivity contribution in [2.75, 3.05) is 20.8 Å². The predicted octanol–water partition coefficient (Wildman–Crippen LogP) is 3.85. The van der Waals surface area contributed by atoms with E-state index in [1.807, 2.05) is 29.2 Å². The van der Waals surface area contributed by atoms with Crippen molar-refractivity contribution < 1.29 is 24.3 Å². The molecule has 0 bridgehead atoms. The Hall–Kier alpha value is -2.65. The minimum atomic E-state index is -0.928. The third kappa shape index (κ3) is 5.93. The van der Waals surface area contributed by atoms with Crippen LogP contribution in [0.4, 0.5) is 5.69 Å². The van der Waals surface area contributed by atoms with Crippen molar-refractivity contribution in [1.29, 1.82) is 0 Å². The van der Waals surface area contributed by atoms with Gasteiger partial charge in [-0.3, -0.25) is 19.8 Å². The van der Waals surface area contributed by atoms with Gasteiger partial charge in [0.15, 0.2) is 11.5 Å². The van der Waals surface area contributed by atoms with Gasteiger partial charge < -0.3 is 14.6 Å². The molecule has 0 aliphatic rings. The minimum absolute atomic E-state index is 0.0718. The third-order valence-electron chi connectivity index (χ3n) is 4.14. The van der Waals surface area contributed by atoms with Crippen LogP contribution in [0.5, 0.6) is 11.5 Å². The fraction of sp³-hybridized carbons (Fsp3) is 0.316. The molecule has 0 aliphatic carbocycles. The first-order valence-electron chi connectivity index (χ1n) is 8.42. The number of nitro groups is 1. The first-order valence-corrected chi connectivity index (χ1v) is 9.21. The van der Waals surface area contributed by atoms with Crippen LogP contribution in [0.1, 0.15) is 17.5 Å². The fourth-order valence-corrected chi connectivity index (χ4v) is 3.03. The normalized spacial score (nSPS) is 10.7. The molecule has 0 saturated heterocycles. The smallest absolute Gasteiger partial charge is 0.304 e. The van der Waals surface area contributed by atoms with E-state index < -0.39 is 10.9 Å². The van der Waals surface area contributed by atoms with Crippen LogP contribution in [0.2, 0.25) is 0 Å². The lowest BCUT2D eigenvalue weighted by atomic mass is 10.1. The molecule has 0 unspecified atom stereocenters. The highest BCUT2D eigenvalue weighted by molar-refractivity contribution is 9.10. The van der Waals surface area contributed by atoms with Gasteiger partial charge in [0, 0.05) is 29.7 Å². The zero-order valence-corrected chi connectivity index (χ0v) is 17.1. The summed E-state index contributed by atoms with van der Waals surface area (Å²) in [5.74, 6) is -0.282. The average Bonchev–Trinajstić information content (AvgIpc) is 2.67. The Balaban J connectivity index is 2.34. The van der Waals surface area contributed by atoms with Gasteiger partial charge in [-0.05, 0) is 23.8 Å². The summed E-state index contributed by atoms with van der Waals surface area (Å²) in [6.45, 7) is 0.892. The molecular weight excluding hydrogens is 432 g/mol. The van der Waals surface area contributed by atoms with Crippen LogP contribution in [0.25, 0.3) is 0 Å². The van der Waals surface area contributed by atoms with E-state index in [9.17, 15) is 14.9 Å². The van der Waals surface area contributed by atoms with Crippen LogP contribution < -0.4 is 9.47 Å². The maximum Gasteiger partial charge on any atom is 0.304 e. The summed E-state index contributed by atoms with van der Waals surface area (Å²) in [5.41, 5.74) is 1.29. The van der Waals surface area contributed by atoms with Gasteiger partial charge in [0.1, 0.15) is 0 Å². The molecule has 150 valence electrons. The van der Waals surface area contributed by atoms with Gasteiger partial charge in [-0.15, -0.1) is 0 Å². The molecule has 28 heavy (non-hydrogen) atoms. The topological polar surface area (TPSA) is 102 Å². The quantitative estimate of drug-likeness (QED) is 0.431. The fourth-order valence-electron chi connectivity index (χ4n) is 2.76. The summed E-state index contributed by atoms with van der Waals surface area (Å²) in [5, 5.41) is 20.6. The van der Waals surface area contributed by atoms with Gasteiger partial charge in [-0.2, -0.15) is 0 Å². The number of hydrogen-bond acceptors (Lipinski definition) is 6. The number of halogens is 1. The van der Waals surface area contributed by atoms with Crippen LogP contribution in [0, 0.1) is 10.1 Å². The molecule has 2 rings (SSSR count). The van der Waals surface area contributed by atoms with Crippen molar-refractivity contribution in [3.05, 3.63) is 62.1 Å². The van der Waals surface area contributed by atoms with Gasteiger partial charge in [0.2, 0.25) is 0 Å². The highest BCUT2D eigenvalue weighted by atomic mass is 79.9. The van der Waals surface area contributed by atoms with Gasteiger partial charge in [-0.25, -0.2) is 0 Å². The van der Waals surface area contributed by atoms with Crippen molar-refractivity contribution in [1.82, 2.24) is 4.90 Å². The van der Waals surface area contributed by atoms with Crippen molar-refractivity contribution in [3.8, 4) is 11.5 Å². The Labute approximate surface area is 171 Å². The second-order valence-corrected chi connectivity index (χ2v) is 6.99. The van der Waals surface area contributed by atoms with E-state index in [0.717, 1.165) is 10.0 Å².